The van der Waals surface area contributed by atoms with E-state index in [0.717, 1.165) is 34.1 Å². The Morgan fingerprint density at radius 3 is 2.69 bits per heavy atom. The van der Waals surface area contributed by atoms with Crippen LogP contribution >= 0.6 is 24.0 Å². The van der Waals surface area contributed by atoms with Crippen molar-refractivity contribution < 1.29 is 18.7 Å². The summed E-state index contributed by atoms with van der Waals surface area (Å²) in [6.07, 6.45) is 6.38. The van der Waals surface area contributed by atoms with Gasteiger partial charge in [0, 0.05) is 28.8 Å². The van der Waals surface area contributed by atoms with Crippen molar-refractivity contribution in [3.63, 3.8) is 0 Å². The molecule has 3 rings (SSSR count). The van der Waals surface area contributed by atoms with E-state index in [1.807, 2.05) is 39.0 Å². The number of carbonyl (C=O) groups excluding carboxylic acids is 1. The van der Waals surface area contributed by atoms with Crippen molar-refractivity contribution in [2.45, 2.75) is 70.3 Å². The van der Waals surface area contributed by atoms with Gasteiger partial charge in [-0.25, -0.2) is 4.79 Å². The number of furan rings is 1. The molecule has 0 amide bonds. The van der Waals surface area contributed by atoms with E-state index < -0.39 is 16.5 Å². The van der Waals surface area contributed by atoms with Crippen molar-refractivity contribution in [1.29, 1.82) is 0 Å². The minimum Gasteiger partial charge on any atom is -0.477 e. The lowest BCUT2D eigenvalue weighted by Crippen LogP contribution is -2.38. The molecule has 1 unspecified atom stereocenters. The van der Waals surface area contributed by atoms with E-state index in [-0.39, 0.29) is 0 Å². The number of aryl methyl sites for hydroxylation is 1. The van der Waals surface area contributed by atoms with Gasteiger partial charge in [0.2, 0.25) is 0 Å². The SMILES string of the molecule is C=CC(=O)OC(C)(C)CC(C)(S)Oc1ccc2cc(-c3ccc(CCCCC)s3)oc2c1. The maximum atomic E-state index is 11.6. The maximum absolute atomic E-state index is 11.6. The van der Waals surface area contributed by atoms with Gasteiger partial charge in [0.1, 0.15) is 22.7 Å². The highest BCUT2D eigenvalue weighted by Crippen LogP contribution is 2.36. The van der Waals surface area contributed by atoms with Gasteiger partial charge in [0.05, 0.1) is 4.88 Å². The summed E-state index contributed by atoms with van der Waals surface area (Å²) >= 11 is 6.46. The standard InChI is InChI=1S/C26H32O4S2/c1-6-8-9-10-20-13-14-23(32-20)22-15-18-11-12-19(16-21(18)28-22)29-26(5,31)17-25(3,4)30-24(27)7-2/h7,11-16,31H,2,6,8-10,17H2,1,3-5H3. The fourth-order valence-electron chi connectivity index (χ4n) is 3.82. The van der Waals surface area contributed by atoms with Crippen LogP contribution in [0.4, 0.5) is 0 Å². The lowest BCUT2D eigenvalue weighted by atomic mass is 10.0. The van der Waals surface area contributed by atoms with E-state index in [1.54, 1.807) is 11.3 Å². The Labute approximate surface area is 200 Å². The van der Waals surface area contributed by atoms with Gasteiger partial charge in [-0.05, 0) is 63.9 Å². The topological polar surface area (TPSA) is 48.7 Å². The molecular formula is C26H32O4S2. The smallest absolute Gasteiger partial charge is 0.330 e. The quantitative estimate of drug-likeness (QED) is 0.102. The van der Waals surface area contributed by atoms with Gasteiger partial charge in [-0.1, -0.05) is 26.3 Å². The number of fused-ring (bicyclic) bond motifs is 1. The van der Waals surface area contributed by atoms with Crippen LogP contribution in [0.25, 0.3) is 21.6 Å². The van der Waals surface area contributed by atoms with Crippen molar-refractivity contribution in [3.8, 4) is 16.4 Å². The van der Waals surface area contributed by atoms with Gasteiger partial charge >= 0.3 is 5.97 Å². The summed E-state index contributed by atoms with van der Waals surface area (Å²) in [7, 11) is 0. The number of carbonyl (C=O) groups is 1. The average Bonchev–Trinajstić information content (AvgIpc) is 3.32. The minimum atomic E-state index is -0.852. The van der Waals surface area contributed by atoms with Gasteiger partial charge in [0.15, 0.2) is 4.93 Å². The summed E-state index contributed by atoms with van der Waals surface area (Å²) in [5.41, 5.74) is 0.0116. The summed E-state index contributed by atoms with van der Waals surface area (Å²) in [4.78, 5) is 13.3. The second kappa shape index (κ2) is 10.2. The number of rotatable bonds is 11. The summed E-state index contributed by atoms with van der Waals surface area (Å²) in [5.74, 6) is 1.05. The fourth-order valence-corrected chi connectivity index (χ4v) is 5.31. The van der Waals surface area contributed by atoms with Crippen molar-refractivity contribution >= 4 is 40.9 Å². The van der Waals surface area contributed by atoms with Crippen LogP contribution in [-0.2, 0) is 16.0 Å². The first kappa shape index (κ1) is 24.5. The number of unbranched alkanes of at least 4 members (excludes halogenated alkanes) is 2. The molecule has 0 spiro atoms. The molecule has 0 aliphatic carbocycles. The highest BCUT2D eigenvalue weighted by Gasteiger charge is 2.34. The predicted octanol–water partition coefficient (Wildman–Crippen LogP) is 7.82. The van der Waals surface area contributed by atoms with Crippen LogP contribution in [0.3, 0.4) is 0 Å². The molecule has 0 radical (unpaired) electrons. The average molecular weight is 473 g/mol. The van der Waals surface area contributed by atoms with Gasteiger partial charge in [0.25, 0.3) is 0 Å². The molecule has 2 aromatic heterocycles. The van der Waals surface area contributed by atoms with E-state index in [4.69, 9.17) is 13.9 Å². The Morgan fingerprint density at radius 2 is 1.97 bits per heavy atom. The molecule has 0 saturated carbocycles. The summed E-state index contributed by atoms with van der Waals surface area (Å²) in [6.45, 7) is 11.2. The molecule has 6 heteroatoms. The largest absolute Gasteiger partial charge is 0.477 e. The van der Waals surface area contributed by atoms with Crippen LogP contribution in [0.1, 0.15) is 58.3 Å². The Balaban J connectivity index is 1.72. The lowest BCUT2D eigenvalue weighted by Gasteiger charge is -2.34. The normalized spacial score (nSPS) is 13.7. The summed E-state index contributed by atoms with van der Waals surface area (Å²) in [6, 6.07) is 12.2. The van der Waals surface area contributed by atoms with E-state index in [2.05, 4.69) is 44.3 Å². The number of ether oxygens (including phenoxy) is 2. The van der Waals surface area contributed by atoms with Gasteiger partial charge in [-0.15, -0.1) is 24.0 Å². The van der Waals surface area contributed by atoms with Crippen molar-refractivity contribution in [3.05, 3.63) is 53.9 Å². The molecule has 32 heavy (non-hydrogen) atoms. The van der Waals surface area contributed by atoms with Crippen molar-refractivity contribution in [2.75, 3.05) is 0 Å². The molecule has 1 aromatic carbocycles. The van der Waals surface area contributed by atoms with Gasteiger partial charge in [-0.2, -0.15) is 0 Å². The second-order valence-electron chi connectivity index (χ2n) is 8.87. The number of hydrogen-bond acceptors (Lipinski definition) is 6. The molecule has 0 N–H and O–H groups in total. The second-order valence-corrected chi connectivity index (χ2v) is 11.0. The molecule has 4 nitrogen and oxygen atoms in total. The molecule has 0 saturated heterocycles. The summed E-state index contributed by atoms with van der Waals surface area (Å²) in [5, 5.41) is 1.02. The third-order valence-corrected chi connectivity index (χ3v) is 6.47. The zero-order valence-electron chi connectivity index (χ0n) is 19.3. The predicted molar refractivity (Wildman–Crippen MR) is 136 cm³/mol. The maximum Gasteiger partial charge on any atom is 0.330 e. The monoisotopic (exact) mass is 472 g/mol. The summed E-state index contributed by atoms with van der Waals surface area (Å²) < 4.78 is 17.7. The molecule has 1 atom stereocenters. The first-order chi connectivity index (χ1) is 15.1. The Morgan fingerprint density at radius 1 is 1.19 bits per heavy atom. The van der Waals surface area contributed by atoms with E-state index >= 15 is 0 Å². The molecule has 0 aliphatic heterocycles. The molecule has 2 heterocycles. The molecule has 0 aliphatic rings. The molecule has 0 fully saturated rings. The lowest BCUT2D eigenvalue weighted by molar-refractivity contribution is -0.152. The van der Waals surface area contributed by atoms with Crippen LogP contribution in [-0.4, -0.2) is 16.5 Å². The molecule has 172 valence electrons. The number of benzene rings is 1. The Kier molecular flexibility index (Phi) is 7.78. The van der Waals surface area contributed by atoms with Crippen molar-refractivity contribution in [1.82, 2.24) is 0 Å². The highest BCUT2D eigenvalue weighted by atomic mass is 32.1. The number of hydrogen-bond donors (Lipinski definition) is 1. The van der Waals surface area contributed by atoms with Gasteiger partial charge in [-0.3, -0.25) is 0 Å². The first-order valence-corrected chi connectivity index (χ1v) is 12.3. The number of esters is 1. The fraction of sp³-hybridized carbons (Fsp3) is 0.423. The third kappa shape index (κ3) is 6.66. The van der Waals surface area contributed by atoms with Crippen LogP contribution in [0.5, 0.6) is 5.75 Å². The van der Waals surface area contributed by atoms with Crippen LogP contribution in [0.15, 0.2) is 53.5 Å². The van der Waals surface area contributed by atoms with Crippen LogP contribution < -0.4 is 4.74 Å². The van der Waals surface area contributed by atoms with Crippen LogP contribution in [0, 0.1) is 0 Å². The number of thiophene rings is 1. The van der Waals surface area contributed by atoms with Crippen molar-refractivity contribution in [2.24, 2.45) is 0 Å². The van der Waals surface area contributed by atoms with Gasteiger partial charge < -0.3 is 13.9 Å². The van der Waals surface area contributed by atoms with E-state index in [0.29, 0.717) is 12.2 Å². The molecule has 0 bridgehead atoms. The highest BCUT2D eigenvalue weighted by molar-refractivity contribution is 7.81. The van der Waals surface area contributed by atoms with E-state index in [9.17, 15) is 4.79 Å². The minimum absolute atomic E-state index is 0.389. The van der Waals surface area contributed by atoms with E-state index in [1.165, 1.54) is 24.1 Å². The Bertz CT molecular complexity index is 1070. The first-order valence-electron chi connectivity index (χ1n) is 11.0. The van der Waals surface area contributed by atoms with Crippen LogP contribution in [0.2, 0.25) is 0 Å². The Hall–Kier alpha value is -2.18. The molecular weight excluding hydrogens is 440 g/mol. The molecule has 3 aromatic rings. The number of thiol groups is 1. The zero-order chi connectivity index (χ0) is 23.4. The third-order valence-electron chi connectivity index (χ3n) is 5.06. The zero-order valence-corrected chi connectivity index (χ0v) is 21.0.